The van der Waals surface area contributed by atoms with Crippen LogP contribution in [0.3, 0.4) is 0 Å². The molecule has 8 heteroatoms. The van der Waals surface area contributed by atoms with Gasteiger partial charge in [0.05, 0.1) is 24.7 Å². The lowest BCUT2D eigenvalue weighted by atomic mass is 10.2. The Labute approximate surface area is 164 Å². The second-order valence-electron chi connectivity index (χ2n) is 6.40. The third-order valence-corrected chi connectivity index (χ3v) is 5.29. The number of morpholine rings is 1. The molecule has 0 atom stereocenters. The highest BCUT2D eigenvalue weighted by atomic mass is 32.2. The van der Waals surface area contributed by atoms with Gasteiger partial charge in [-0.3, -0.25) is 9.36 Å². The summed E-state index contributed by atoms with van der Waals surface area (Å²) in [5, 5.41) is 12.5. The largest absolute Gasteiger partial charge is 0.378 e. The van der Waals surface area contributed by atoms with E-state index >= 15 is 0 Å². The molecule has 2 heterocycles. The molecule has 1 aromatic heterocycles. The van der Waals surface area contributed by atoms with Gasteiger partial charge in [0.1, 0.15) is 0 Å². The van der Waals surface area contributed by atoms with Crippen LogP contribution in [0, 0.1) is 0 Å². The van der Waals surface area contributed by atoms with Crippen molar-refractivity contribution >= 4 is 23.6 Å². The first-order valence-electron chi connectivity index (χ1n) is 9.52. The number of unbranched alkanes of at least 4 members (excludes halogenated alkanes) is 2. The topological polar surface area (TPSA) is 72.3 Å². The van der Waals surface area contributed by atoms with E-state index in [1.54, 1.807) is 0 Å². The Hall–Kier alpha value is -2.06. The van der Waals surface area contributed by atoms with Gasteiger partial charge in [-0.15, -0.1) is 10.2 Å². The normalized spacial score (nSPS) is 14.3. The molecule has 1 fully saturated rings. The summed E-state index contributed by atoms with van der Waals surface area (Å²) in [4.78, 5) is 14.3. The van der Waals surface area contributed by atoms with Crippen LogP contribution in [-0.4, -0.2) is 59.3 Å². The molecular formula is C19H27N5O2S. The number of nitrogens with one attached hydrogen (secondary N) is 1. The zero-order valence-corrected chi connectivity index (χ0v) is 16.6. The lowest BCUT2D eigenvalue weighted by Gasteiger charge is -2.27. The van der Waals surface area contributed by atoms with Gasteiger partial charge in [0, 0.05) is 19.6 Å². The summed E-state index contributed by atoms with van der Waals surface area (Å²) in [5.41, 5.74) is 0.995. The van der Waals surface area contributed by atoms with Crippen molar-refractivity contribution in [3.05, 3.63) is 30.3 Å². The summed E-state index contributed by atoms with van der Waals surface area (Å²) < 4.78 is 7.48. The minimum Gasteiger partial charge on any atom is -0.378 e. The minimum absolute atomic E-state index is 0.0339. The average molecular weight is 390 g/mol. The van der Waals surface area contributed by atoms with Crippen LogP contribution < -0.4 is 10.2 Å². The van der Waals surface area contributed by atoms with Crippen LogP contribution in [0.1, 0.15) is 26.2 Å². The van der Waals surface area contributed by atoms with Crippen molar-refractivity contribution in [3.8, 4) is 5.69 Å². The molecule has 146 valence electrons. The molecule has 2 aromatic rings. The predicted molar refractivity (Wildman–Crippen MR) is 108 cm³/mol. The zero-order valence-electron chi connectivity index (χ0n) is 15.8. The van der Waals surface area contributed by atoms with Crippen LogP contribution in [0.2, 0.25) is 0 Å². The maximum absolute atomic E-state index is 12.1. The summed E-state index contributed by atoms with van der Waals surface area (Å²) in [6, 6.07) is 10.0. The van der Waals surface area contributed by atoms with Gasteiger partial charge >= 0.3 is 0 Å². The minimum atomic E-state index is 0.0339. The molecule has 1 saturated heterocycles. The Balaban J connectivity index is 1.71. The summed E-state index contributed by atoms with van der Waals surface area (Å²) in [7, 11) is 0. The van der Waals surface area contributed by atoms with Crippen LogP contribution in [0.15, 0.2) is 35.5 Å². The van der Waals surface area contributed by atoms with E-state index in [-0.39, 0.29) is 5.91 Å². The first kappa shape index (κ1) is 19.7. The van der Waals surface area contributed by atoms with Gasteiger partial charge in [0.25, 0.3) is 0 Å². The average Bonchev–Trinajstić information content (AvgIpc) is 3.15. The van der Waals surface area contributed by atoms with Crippen molar-refractivity contribution in [3.63, 3.8) is 0 Å². The molecule has 1 amide bonds. The van der Waals surface area contributed by atoms with E-state index in [0.29, 0.717) is 19.0 Å². The van der Waals surface area contributed by atoms with Crippen LogP contribution in [0.4, 0.5) is 5.95 Å². The van der Waals surface area contributed by atoms with Crippen LogP contribution >= 0.6 is 11.8 Å². The Morgan fingerprint density at radius 2 is 1.96 bits per heavy atom. The Bertz CT molecular complexity index is 716. The number of thioether (sulfide) groups is 1. The number of amides is 1. The van der Waals surface area contributed by atoms with Gasteiger partial charge in [-0.25, -0.2) is 0 Å². The Morgan fingerprint density at radius 1 is 1.19 bits per heavy atom. The molecule has 7 nitrogen and oxygen atoms in total. The quantitative estimate of drug-likeness (QED) is 0.525. The van der Waals surface area contributed by atoms with E-state index in [1.165, 1.54) is 11.8 Å². The molecule has 27 heavy (non-hydrogen) atoms. The predicted octanol–water partition coefficient (Wildman–Crippen LogP) is 2.50. The summed E-state index contributed by atoms with van der Waals surface area (Å²) in [6.07, 6.45) is 3.31. The Kier molecular flexibility index (Phi) is 7.53. The number of hydrogen-bond acceptors (Lipinski definition) is 6. The van der Waals surface area contributed by atoms with E-state index in [2.05, 4.69) is 27.3 Å². The number of anilines is 1. The van der Waals surface area contributed by atoms with E-state index in [4.69, 9.17) is 4.74 Å². The fraction of sp³-hybridized carbons (Fsp3) is 0.526. The highest BCUT2D eigenvalue weighted by molar-refractivity contribution is 7.99. The lowest BCUT2D eigenvalue weighted by molar-refractivity contribution is -0.118. The van der Waals surface area contributed by atoms with Crippen molar-refractivity contribution in [2.24, 2.45) is 0 Å². The van der Waals surface area contributed by atoms with Crippen LogP contribution in [0.5, 0.6) is 0 Å². The van der Waals surface area contributed by atoms with Gasteiger partial charge in [-0.2, -0.15) is 0 Å². The third-order valence-electron chi connectivity index (χ3n) is 4.36. The van der Waals surface area contributed by atoms with Gasteiger partial charge in [-0.1, -0.05) is 49.7 Å². The molecule has 0 radical (unpaired) electrons. The molecule has 0 saturated carbocycles. The molecule has 0 unspecified atom stereocenters. The maximum Gasteiger partial charge on any atom is 0.232 e. The fourth-order valence-electron chi connectivity index (χ4n) is 2.91. The highest BCUT2D eigenvalue weighted by Crippen LogP contribution is 2.27. The van der Waals surface area contributed by atoms with Crippen LogP contribution in [0.25, 0.3) is 5.69 Å². The molecule has 0 aliphatic carbocycles. The molecular weight excluding hydrogens is 362 g/mol. The van der Waals surface area contributed by atoms with Crippen molar-refractivity contribution in [2.45, 2.75) is 31.3 Å². The monoisotopic (exact) mass is 389 g/mol. The van der Waals surface area contributed by atoms with Gasteiger partial charge in [0.15, 0.2) is 5.16 Å². The van der Waals surface area contributed by atoms with E-state index in [1.807, 2.05) is 34.9 Å². The van der Waals surface area contributed by atoms with Crippen LogP contribution in [-0.2, 0) is 9.53 Å². The second-order valence-corrected chi connectivity index (χ2v) is 7.34. The zero-order chi connectivity index (χ0) is 18.9. The maximum atomic E-state index is 12.1. The van der Waals surface area contributed by atoms with Crippen molar-refractivity contribution in [1.82, 2.24) is 20.1 Å². The molecule has 0 spiro atoms. The van der Waals surface area contributed by atoms with E-state index in [9.17, 15) is 4.79 Å². The number of ether oxygens (including phenoxy) is 1. The molecule has 1 aliphatic rings. The van der Waals surface area contributed by atoms with Crippen molar-refractivity contribution in [1.29, 1.82) is 0 Å². The number of carbonyl (C=O) groups excluding carboxylic acids is 1. The number of para-hydroxylation sites is 1. The Morgan fingerprint density at radius 3 is 2.70 bits per heavy atom. The summed E-state index contributed by atoms with van der Waals surface area (Å²) >= 11 is 1.42. The summed E-state index contributed by atoms with van der Waals surface area (Å²) in [6.45, 7) is 5.83. The standard InChI is InChI=1S/C19H27N5O2S/c1-2-3-7-10-20-17(25)15-27-19-22-21-18(23-11-13-26-14-12-23)24(19)16-8-5-4-6-9-16/h4-6,8-9H,2-3,7,10-15H2,1H3,(H,20,25). The molecule has 0 bridgehead atoms. The summed E-state index contributed by atoms with van der Waals surface area (Å²) in [5.74, 6) is 1.17. The van der Waals surface area contributed by atoms with Crippen molar-refractivity contribution < 1.29 is 9.53 Å². The lowest BCUT2D eigenvalue weighted by Crippen LogP contribution is -2.37. The molecule has 1 aromatic carbocycles. The number of aromatic nitrogens is 3. The first-order chi connectivity index (χ1) is 13.3. The number of rotatable bonds is 9. The SMILES string of the molecule is CCCCCNC(=O)CSc1nnc(N2CCOCC2)n1-c1ccccc1. The van der Waals surface area contributed by atoms with E-state index < -0.39 is 0 Å². The van der Waals surface area contributed by atoms with Gasteiger partial charge in [0.2, 0.25) is 11.9 Å². The third kappa shape index (κ3) is 5.46. The number of carbonyl (C=O) groups is 1. The van der Waals surface area contributed by atoms with Gasteiger partial charge in [-0.05, 0) is 18.6 Å². The fourth-order valence-corrected chi connectivity index (χ4v) is 3.69. The second kappa shape index (κ2) is 10.3. The van der Waals surface area contributed by atoms with Gasteiger partial charge < -0.3 is 15.0 Å². The first-order valence-corrected chi connectivity index (χ1v) is 10.5. The number of nitrogens with zero attached hydrogens (tertiary/aromatic N) is 4. The smallest absolute Gasteiger partial charge is 0.232 e. The number of benzene rings is 1. The van der Waals surface area contributed by atoms with E-state index in [0.717, 1.165) is 55.7 Å². The van der Waals surface area contributed by atoms with Crippen molar-refractivity contribution in [2.75, 3.05) is 43.5 Å². The molecule has 1 N–H and O–H groups in total. The molecule has 3 rings (SSSR count). The molecule has 1 aliphatic heterocycles. The highest BCUT2D eigenvalue weighted by Gasteiger charge is 2.22. The number of hydrogen-bond donors (Lipinski definition) is 1.